The van der Waals surface area contributed by atoms with E-state index in [1.54, 1.807) is 30.3 Å². The molecular formula is C26H18F2N2O3S. The zero-order chi connectivity index (χ0) is 23.5. The second kappa shape index (κ2) is 9.52. The second-order valence-corrected chi connectivity index (χ2v) is 8.32. The monoisotopic (exact) mass is 476 g/mol. The second-order valence-electron chi connectivity index (χ2n) is 7.38. The summed E-state index contributed by atoms with van der Waals surface area (Å²) in [7, 11) is 0. The van der Waals surface area contributed by atoms with Crippen LogP contribution in [0.2, 0.25) is 0 Å². The number of furan rings is 1. The van der Waals surface area contributed by atoms with Gasteiger partial charge in [0.05, 0.1) is 12.0 Å². The molecule has 0 aliphatic carbocycles. The third kappa shape index (κ3) is 4.58. The number of fused-ring (bicyclic) bond motifs is 1. The summed E-state index contributed by atoms with van der Waals surface area (Å²) < 4.78 is 34.8. The van der Waals surface area contributed by atoms with Gasteiger partial charge in [-0.3, -0.25) is 9.69 Å². The smallest absolute Gasteiger partial charge is 0.387 e. The standard InChI is InChI=1S/C26H18F2N2O3S/c27-25(28)33-20-12-10-19(11-13-20)30-24(31)23(15-21-8-4-14-32-21)29-26(30)34-16-18-7-3-6-17-5-1-2-9-22(17)18/h1-15,25H,16H2/b23-15+. The number of ether oxygens (including phenoxy) is 1. The van der Waals surface area contributed by atoms with Crippen LogP contribution >= 0.6 is 11.8 Å². The number of anilines is 1. The number of benzene rings is 3. The highest BCUT2D eigenvalue weighted by Crippen LogP contribution is 2.33. The van der Waals surface area contributed by atoms with E-state index in [0.29, 0.717) is 22.4 Å². The molecule has 0 fully saturated rings. The molecule has 1 aromatic heterocycles. The fraction of sp³-hybridized carbons (Fsp3) is 0.0769. The summed E-state index contributed by atoms with van der Waals surface area (Å²) in [4.78, 5) is 19.3. The molecule has 0 N–H and O–H groups in total. The lowest BCUT2D eigenvalue weighted by molar-refractivity contribution is -0.113. The Balaban J connectivity index is 1.46. The topological polar surface area (TPSA) is 55.0 Å². The van der Waals surface area contributed by atoms with Crippen LogP contribution in [0.4, 0.5) is 14.5 Å². The molecule has 2 heterocycles. The number of rotatable bonds is 6. The Morgan fingerprint density at radius 2 is 1.79 bits per heavy atom. The maximum Gasteiger partial charge on any atom is 0.387 e. The van der Waals surface area contributed by atoms with Gasteiger partial charge in [-0.2, -0.15) is 8.78 Å². The van der Waals surface area contributed by atoms with Crippen molar-refractivity contribution in [2.24, 2.45) is 4.99 Å². The van der Waals surface area contributed by atoms with Crippen LogP contribution < -0.4 is 9.64 Å². The van der Waals surface area contributed by atoms with Gasteiger partial charge in [0.25, 0.3) is 5.91 Å². The van der Waals surface area contributed by atoms with Crippen molar-refractivity contribution in [3.8, 4) is 5.75 Å². The molecule has 8 heteroatoms. The zero-order valence-corrected chi connectivity index (χ0v) is 18.5. The van der Waals surface area contributed by atoms with Gasteiger partial charge in [0, 0.05) is 11.8 Å². The van der Waals surface area contributed by atoms with E-state index in [0.717, 1.165) is 16.3 Å². The summed E-state index contributed by atoms with van der Waals surface area (Å²) in [6, 6.07) is 23.6. The summed E-state index contributed by atoms with van der Waals surface area (Å²) in [6.45, 7) is -2.92. The molecule has 0 unspecified atom stereocenters. The fourth-order valence-corrected chi connectivity index (χ4v) is 4.68. The Kier molecular flexibility index (Phi) is 6.14. The van der Waals surface area contributed by atoms with Gasteiger partial charge in [0.2, 0.25) is 0 Å². The maximum atomic E-state index is 13.3. The molecule has 34 heavy (non-hydrogen) atoms. The van der Waals surface area contributed by atoms with Gasteiger partial charge in [-0.15, -0.1) is 0 Å². The van der Waals surface area contributed by atoms with Gasteiger partial charge in [-0.1, -0.05) is 54.2 Å². The maximum absolute atomic E-state index is 13.3. The number of nitrogens with zero attached hydrogens (tertiary/aromatic N) is 2. The van der Waals surface area contributed by atoms with E-state index < -0.39 is 6.61 Å². The van der Waals surface area contributed by atoms with Gasteiger partial charge in [0.1, 0.15) is 17.2 Å². The largest absolute Gasteiger partial charge is 0.465 e. The lowest BCUT2D eigenvalue weighted by Gasteiger charge is -2.18. The molecule has 1 aliphatic rings. The van der Waals surface area contributed by atoms with E-state index in [9.17, 15) is 13.6 Å². The van der Waals surface area contributed by atoms with Crippen LogP contribution in [-0.2, 0) is 10.5 Å². The first-order valence-corrected chi connectivity index (χ1v) is 11.4. The molecule has 1 aliphatic heterocycles. The van der Waals surface area contributed by atoms with Crippen LogP contribution in [0.5, 0.6) is 5.75 Å². The summed E-state index contributed by atoms with van der Waals surface area (Å²) >= 11 is 1.42. The first-order chi connectivity index (χ1) is 16.6. The van der Waals surface area contributed by atoms with Crippen molar-refractivity contribution in [3.05, 3.63) is 102 Å². The molecule has 5 rings (SSSR count). The summed E-state index contributed by atoms with van der Waals surface area (Å²) in [5.74, 6) is 0.774. The van der Waals surface area contributed by atoms with E-state index in [-0.39, 0.29) is 17.4 Å². The van der Waals surface area contributed by atoms with Gasteiger partial charge >= 0.3 is 6.61 Å². The molecule has 0 radical (unpaired) electrons. The minimum atomic E-state index is -2.92. The van der Waals surface area contributed by atoms with Gasteiger partial charge in [-0.05, 0) is 52.7 Å². The summed E-state index contributed by atoms with van der Waals surface area (Å²) in [5.41, 5.74) is 1.84. The third-order valence-electron chi connectivity index (χ3n) is 5.21. The van der Waals surface area contributed by atoms with E-state index in [2.05, 4.69) is 27.9 Å². The highest BCUT2D eigenvalue weighted by atomic mass is 32.2. The van der Waals surface area contributed by atoms with Crippen LogP contribution in [0.1, 0.15) is 11.3 Å². The van der Waals surface area contributed by atoms with Crippen molar-refractivity contribution in [1.82, 2.24) is 0 Å². The summed E-state index contributed by atoms with van der Waals surface area (Å²) in [6.07, 6.45) is 3.10. The number of hydrogen-bond donors (Lipinski definition) is 0. The van der Waals surface area contributed by atoms with Crippen molar-refractivity contribution in [3.63, 3.8) is 0 Å². The third-order valence-corrected chi connectivity index (χ3v) is 6.20. The number of alkyl halides is 2. The van der Waals surface area contributed by atoms with Gasteiger partial charge < -0.3 is 9.15 Å². The molecular weight excluding hydrogens is 458 g/mol. The lowest BCUT2D eigenvalue weighted by Crippen LogP contribution is -2.30. The summed E-state index contributed by atoms with van der Waals surface area (Å²) in [5, 5.41) is 2.75. The minimum absolute atomic E-state index is 0.0126. The Morgan fingerprint density at radius 1 is 1.00 bits per heavy atom. The molecule has 4 aromatic rings. The number of hydrogen-bond acceptors (Lipinski definition) is 5. The van der Waals surface area contributed by atoms with Gasteiger partial charge in [0.15, 0.2) is 5.17 Å². The lowest BCUT2D eigenvalue weighted by atomic mass is 10.1. The first-order valence-electron chi connectivity index (χ1n) is 10.4. The van der Waals surface area contributed by atoms with Crippen LogP contribution in [0, 0.1) is 0 Å². The molecule has 3 aromatic carbocycles. The zero-order valence-electron chi connectivity index (χ0n) is 17.7. The Morgan fingerprint density at radius 3 is 2.56 bits per heavy atom. The molecule has 0 bridgehead atoms. The van der Waals surface area contributed by atoms with Crippen LogP contribution in [0.25, 0.3) is 16.8 Å². The number of aliphatic imine (C=N–C) groups is 1. The highest BCUT2D eigenvalue weighted by molar-refractivity contribution is 8.13. The van der Waals surface area contributed by atoms with Crippen molar-refractivity contribution < 1.29 is 22.7 Å². The van der Waals surface area contributed by atoms with E-state index >= 15 is 0 Å². The Hall–Kier alpha value is -3.91. The number of carbonyl (C=O) groups is 1. The van der Waals surface area contributed by atoms with Gasteiger partial charge in [-0.25, -0.2) is 4.99 Å². The predicted octanol–water partition coefficient (Wildman–Crippen LogP) is 6.71. The van der Waals surface area contributed by atoms with E-state index in [1.807, 2.05) is 24.3 Å². The number of carbonyl (C=O) groups excluding carboxylic acids is 1. The van der Waals surface area contributed by atoms with Crippen LogP contribution in [0.3, 0.4) is 0 Å². The molecule has 170 valence electrons. The van der Waals surface area contributed by atoms with E-state index in [4.69, 9.17) is 4.42 Å². The Labute approximate surface area is 198 Å². The minimum Gasteiger partial charge on any atom is -0.465 e. The average molecular weight is 477 g/mol. The number of halogens is 2. The number of amidine groups is 1. The molecule has 5 nitrogen and oxygen atoms in total. The number of amides is 1. The molecule has 0 saturated heterocycles. The molecule has 0 atom stereocenters. The molecule has 1 amide bonds. The fourth-order valence-electron chi connectivity index (χ4n) is 3.67. The SMILES string of the molecule is O=C1/C(=C\c2ccco2)N=C(SCc2cccc3ccccc23)N1c1ccc(OC(F)F)cc1. The molecule has 0 spiro atoms. The van der Waals surface area contributed by atoms with Crippen LogP contribution in [0.15, 0.2) is 100 Å². The van der Waals surface area contributed by atoms with Crippen LogP contribution in [-0.4, -0.2) is 17.7 Å². The normalized spacial score (nSPS) is 14.9. The van der Waals surface area contributed by atoms with Crippen molar-refractivity contribution in [2.45, 2.75) is 12.4 Å². The predicted molar refractivity (Wildman–Crippen MR) is 130 cm³/mol. The van der Waals surface area contributed by atoms with Crippen molar-refractivity contribution in [2.75, 3.05) is 4.90 Å². The molecule has 0 saturated carbocycles. The first kappa shape index (κ1) is 21.9. The Bertz CT molecular complexity index is 1380. The highest BCUT2D eigenvalue weighted by Gasteiger charge is 2.32. The van der Waals surface area contributed by atoms with E-state index in [1.165, 1.54) is 35.1 Å². The van der Waals surface area contributed by atoms with Crippen molar-refractivity contribution in [1.29, 1.82) is 0 Å². The quantitative estimate of drug-likeness (QED) is 0.290. The average Bonchev–Trinajstić information content (AvgIpc) is 3.46. The number of thioether (sulfide) groups is 1. The van der Waals surface area contributed by atoms with Crippen molar-refractivity contribution >= 4 is 45.4 Å².